The molecule has 2 aromatic heterocycles. The molecule has 0 bridgehead atoms. The van der Waals surface area contributed by atoms with E-state index in [0.717, 1.165) is 6.42 Å². The summed E-state index contributed by atoms with van der Waals surface area (Å²) in [4.78, 5) is 26.7. The van der Waals surface area contributed by atoms with Gasteiger partial charge in [-0.25, -0.2) is 0 Å². The number of hydrogen-bond acceptors (Lipinski definition) is 4. The van der Waals surface area contributed by atoms with E-state index in [2.05, 4.69) is 10.4 Å². The Labute approximate surface area is 127 Å². The van der Waals surface area contributed by atoms with Gasteiger partial charge in [-0.05, 0) is 31.0 Å². The Kier molecular flexibility index (Phi) is 3.70. The highest BCUT2D eigenvalue weighted by atomic mass is 16.3. The largest absolute Gasteiger partial charge is 0.459 e. The number of furan rings is 1. The topological polar surface area (TPSA) is 80.4 Å². The number of piperidine rings is 1. The highest BCUT2D eigenvalue weighted by molar-refractivity contribution is 5.92. The van der Waals surface area contributed by atoms with Gasteiger partial charge in [-0.3, -0.25) is 14.3 Å². The standard InChI is InChI=1S/C15H18N4O3/c1-16-14(21)15(19-9-4-7-17-19)6-3-8-18(11-15)13(20)12-5-2-10-22-12/h2,4-5,7,9-10H,3,6,8,11H2,1H3,(H,16,21). The van der Waals surface area contributed by atoms with Gasteiger partial charge in [0.15, 0.2) is 11.3 Å². The second-order valence-corrected chi connectivity index (χ2v) is 5.37. The van der Waals surface area contributed by atoms with Gasteiger partial charge in [0.2, 0.25) is 5.91 Å². The molecule has 3 rings (SSSR count). The number of likely N-dealkylation sites (tertiary alicyclic amines) is 1. The zero-order valence-corrected chi connectivity index (χ0v) is 12.4. The summed E-state index contributed by atoms with van der Waals surface area (Å²) in [6.07, 6.45) is 6.22. The van der Waals surface area contributed by atoms with E-state index in [1.165, 1.54) is 6.26 Å². The van der Waals surface area contributed by atoms with Crippen molar-refractivity contribution in [3.8, 4) is 0 Å². The highest BCUT2D eigenvalue weighted by Crippen LogP contribution is 2.29. The number of hydrogen-bond donors (Lipinski definition) is 1. The first-order chi connectivity index (χ1) is 10.7. The summed E-state index contributed by atoms with van der Waals surface area (Å²) in [5.41, 5.74) is -0.876. The molecule has 7 nitrogen and oxygen atoms in total. The van der Waals surface area contributed by atoms with Crippen LogP contribution in [-0.2, 0) is 10.3 Å². The number of rotatable bonds is 3. The monoisotopic (exact) mass is 302 g/mol. The summed E-state index contributed by atoms with van der Waals surface area (Å²) >= 11 is 0. The summed E-state index contributed by atoms with van der Waals surface area (Å²) in [5, 5.41) is 6.93. The zero-order valence-electron chi connectivity index (χ0n) is 12.4. The fourth-order valence-electron chi connectivity index (χ4n) is 3.00. The van der Waals surface area contributed by atoms with Crippen LogP contribution in [0.1, 0.15) is 23.4 Å². The van der Waals surface area contributed by atoms with Crippen LogP contribution in [-0.4, -0.2) is 46.6 Å². The summed E-state index contributed by atoms with van der Waals surface area (Å²) < 4.78 is 6.83. The van der Waals surface area contributed by atoms with Gasteiger partial charge >= 0.3 is 0 Å². The molecule has 3 heterocycles. The molecule has 7 heteroatoms. The van der Waals surface area contributed by atoms with Crippen molar-refractivity contribution >= 4 is 11.8 Å². The second kappa shape index (κ2) is 5.67. The minimum Gasteiger partial charge on any atom is -0.459 e. The van der Waals surface area contributed by atoms with Crippen molar-refractivity contribution in [3.05, 3.63) is 42.6 Å². The quantitative estimate of drug-likeness (QED) is 0.911. The zero-order chi connectivity index (χ0) is 15.6. The molecule has 0 aliphatic carbocycles. The molecule has 1 atom stereocenters. The highest BCUT2D eigenvalue weighted by Gasteiger charge is 2.45. The maximum Gasteiger partial charge on any atom is 0.289 e. The molecular weight excluding hydrogens is 284 g/mol. The van der Waals surface area contributed by atoms with Crippen molar-refractivity contribution in [1.29, 1.82) is 0 Å². The van der Waals surface area contributed by atoms with E-state index in [1.807, 2.05) is 0 Å². The minimum atomic E-state index is -0.876. The average molecular weight is 302 g/mol. The fraction of sp³-hybridized carbons (Fsp3) is 0.400. The SMILES string of the molecule is CNC(=O)C1(n2cccn2)CCCN(C(=O)c2ccco2)C1. The number of nitrogens with zero attached hydrogens (tertiary/aromatic N) is 3. The predicted octanol–water partition coefficient (Wildman–Crippen LogP) is 0.854. The van der Waals surface area contributed by atoms with E-state index < -0.39 is 5.54 Å². The Morgan fingerprint density at radius 2 is 2.27 bits per heavy atom. The van der Waals surface area contributed by atoms with Crippen LogP contribution in [0.3, 0.4) is 0 Å². The maximum absolute atomic E-state index is 12.5. The van der Waals surface area contributed by atoms with E-state index in [0.29, 0.717) is 13.0 Å². The van der Waals surface area contributed by atoms with Gasteiger partial charge < -0.3 is 14.6 Å². The second-order valence-electron chi connectivity index (χ2n) is 5.37. The number of aromatic nitrogens is 2. The molecule has 22 heavy (non-hydrogen) atoms. The normalized spacial score (nSPS) is 21.6. The predicted molar refractivity (Wildman–Crippen MR) is 78.1 cm³/mol. The molecule has 0 aromatic carbocycles. The lowest BCUT2D eigenvalue weighted by Crippen LogP contribution is -2.59. The lowest BCUT2D eigenvalue weighted by molar-refractivity contribution is -0.132. The fourth-order valence-corrected chi connectivity index (χ4v) is 3.00. The molecule has 0 spiro atoms. The third kappa shape index (κ3) is 2.28. The molecular formula is C15H18N4O3. The van der Waals surface area contributed by atoms with E-state index in [-0.39, 0.29) is 24.1 Å². The Bertz CT molecular complexity index is 650. The van der Waals surface area contributed by atoms with Crippen molar-refractivity contribution in [2.45, 2.75) is 18.4 Å². The lowest BCUT2D eigenvalue weighted by Gasteiger charge is -2.41. The summed E-state index contributed by atoms with van der Waals surface area (Å²) in [5.74, 6) is -0.0635. The van der Waals surface area contributed by atoms with Gasteiger partial charge in [-0.2, -0.15) is 5.10 Å². The first-order valence-corrected chi connectivity index (χ1v) is 7.22. The van der Waals surface area contributed by atoms with Crippen molar-refractivity contribution < 1.29 is 14.0 Å². The van der Waals surface area contributed by atoms with Crippen molar-refractivity contribution in [2.24, 2.45) is 0 Å². The molecule has 1 aliphatic heterocycles. The number of amides is 2. The Morgan fingerprint density at radius 1 is 1.41 bits per heavy atom. The summed E-state index contributed by atoms with van der Waals surface area (Å²) in [6, 6.07) is 5.08. The van der Waals surface area contributed by atoms with Crippen molar-refractivity contribution in [1.82, 2.24) is 20.0 Å². The molecule has 0 saturated carbocycles. The number of nitrogens with one attached hydrogen (secondary N) is 1. The van der Waals surface area contributed by atoms with Gasteiger partial charge in [0.1, 0.15) is 0 Å². The first-order valence-electron chi connectivity index (χ1n) is 7.22. The third-order valence-corrected chi connectivity index (χ3v) is 4.08. The van der Waals surface area contributed by atoms with Gasteiger partial charge in [-0.15, -0.1) is 0 Å². The van der Waals surface area contributed by atoms with E-state index in [4.69, 9.17) is 4.42 Å². The van der Waals surface area contributed by atoms with Crippen LogP contribution in [0.2, 0.25) is 0 Å². The van der Waals surface area contributed by atoms with E-state index in [1.54, 1.807) is 47.2 Å². The van der Waals surface area contributed by atoms with E-state index in [9.17, 15) is 9.59 Å². The lowest BCUT2D eigenvalue weighted by atomic mass is 9.87. The van der Waals surface area contributed by atoms with Gasteiger partial charge in [-0.1, -0.05) is 0 Å². The number of likely N-dealkylation sites (N-methyl/N-ethyl adjacent to an activating group) is 1. The Morgan fingerprint density at radius 3 is 2.91 bits per heavy atom. The van der Waals surface area contributed by atoms with E-state index >= 15 is 0 Å². The van der Waals surface area contributed by atoms with Crippen LogP contribution in [0, 0.1) is 0 Å². The van der Waals surface area contributed by atoms with Gasteiger partial charge in [0, 0.05) is 26.0 Å². The summed E-state index contributed by atoms with van der Waals surface area (Å²) in [6.45, 7) is 0.868. The van der Waals surface area contributed by atoms with Crippen LogP contribution in [0.5, 0.6) is 0 Å². The molecule has 1 saturated heterocycles. The average Bonchev–Trinajstić information content (AvgIpc) is 3.26. The van der Waals surface area contributed by atoms with Gasteiger partial charge in [0.25, 0.3) is 5.91 Å². The van der Waals surface area contributed by atoms with Crippen LogP contribution < -0.4 is 5.32 Å². The molecule has 2 amide bonds. The third-order valence-electron chi connectivity index (χ3n) is 4.08. The molecule has 0 radical (unpaired) electrons. The Hall–Kier alpha value is -2.57. The smallest absolute Gasteiger partial charge is 0.289 e. The number of carbonyl (C=O) groups is 2. The first kappa shape index (κ1) is 14.4. The molecule has 1 N–H and O–H groups in total. The molecule has 116 valence electrons. The molecule has 1 unspecified atom stereocenters. The Balaban J connectivity index is 1.92. The van der Waals surface area contributed by atoms with Gasteiger partial charge in [0.05, 0.1) is 12.8 Å². The minimum absolute atomic E-state index is 0.145. The van der Waals surface area contributed by atoms with Crippen molar-refractivity contribution in [3.63, 3.8) is 0 Å². The van der Waals surface area contributed by atoms with Crippen LogP contribution >= 0.6 is 0 Å². The maximum atomic E-state index is 12.5. The molecule has 1 aliphatic rings. The van der Waals surface area contributed by atoms with Crippen molar-refractivity contribution in [2.75, 3.05) is 20.1 Å². The number of carbonyl (C=O) groups excluding carboxylic acids is 2. The molecule has 2 aromatic rings. The van der Waals surface area contributed by atoms with Crippen LogP contribution in [0.15, 0.2) is 41.3 Å². The summed E-state index contributed by atoms with van der Waals surface area (Å²) in [7, 11) is 1.60. The molecule has 1 fully saturated rings. The van der Waals surface area contributed by atoms with Crippen LogP contribution in [0.4, 0.5) is 0 Å². The van der Waals surface area contributed by atoms with Crippen LogP contribution in [0.25, 0.3) is 0 Å².